The van der Waals surface area contributed by atoms with Crippen LogP contribution in [0.15, 0.2) is 48.5 Å². The van der Waals surface area contributed by atoms with Crippen molar-refractivity contribution >= 4 is 35.0 Å². The third kappa shape index (κ3) is 5.56. The van der Waals surface area contributed by atoms with E-state index in [4.69, 9.17) is 11.6 Å². The molecule has 7 heteroatoms. The van der Waals surface area contributed by atoms with Crippen LogP contribution in [0.5, 0.6) is 0 Å². The van der Waals surface area contributed by atoms with E-state index in [1.54, 1.807) is 48.5 Å². The lowest BCUT2D eigenvalue weighted by atomic mass is 10.1. The molecule has 0 radical (unpaired) electrons. The molecule has 0 spiro atoms. The van der Waals surface area contributed by atoms with Gasteiger partial charge in [0.25, 0.3) is 11.8 Å². The molecule has 1 saturated carbocycles. The minimum Gasteiger partial charge on any atom is -0.354 e. The molecule has 0 aliphatic heterocycles. The number of amides is 3. The molecule has 1 aliphatic carbocycles. The molecule has 0 unspecified atom stereocenters. The van der Waals surface area contributed by atoms with Gasteiger partial charge in [-0.25, -0.2) is 0 Å². The Labute approximate surface area is 162 Å². The number of carbonyl (C=O) groups excluding carboxylic acids is 3. The van der Waals surface area contributed by atoms with Gasteiger partial charge in [-0.3, -0.25) is 14.4 Å². The van der Waals surface area contributed by atoms with Crippen LogP contribution in [0, 0.1) is 5.92 Å². The molecule has 0 aromatic heterocycles. The Balaban J connectivity index is 1.45. The summed E-state index contributed by atoms with van der Waals surface area (Å²) in [5.74, 6) is -0.261. The van der Waals surface area contributed by atoms with E-state index >= 15 is 0 Å². The SMILES string of the molecule is O=C(NCCNC(=O)C1CC1)c1ccc(NC(=O)c2ccc(Cl)cc2)cc1. The summed E-state index contributed by atoms with van der Waals surface area (Å²) in [6, 6.07) is 13.2. The summed E-state index contributed by atoms with van der Waals surface area (Å²) in [6.45, 7) is 0.780. The summed E-state index contributed by atoms with van der Waals surface area (Å²) in [5, 5.41) is 8.87. The van der Waals surface area contributed by atoms with Crippen molar-refractivity contribution in [1.82, 2.24) is 10.6 Å². The summed E-state index contributed by atoms with van der Waals surface area (Å²) in [7, 11) is 0. The second-order valence-corrected chi connectivity index (χ2v) is 6.80. The topological polar surface area (TPSA) is 87.3 Å². The standard InChI is InChI=1S/C20H20ClN3O3/c21-16-7-3-15(4-8-16)20(27)24-17-9-5-14(6-10-17)19(26)23-12-11-22-18(25)13-1-2-13/h3-10,13H,1-2,11-12H2,(H,22,25)(H,23,26)(H,24,27). The van der Waals surface area contributed by atoms with E-state index in [-0.39, 0.29) is 23.6 Å². The van der Waals surface area contributed by atoms with Gasteiger partial charge in [-0.15, -0.1) is 0 Å². The summed E-state index contributed by atoms with van der Waals surface area (Å²) in [5.41, 5.74) is 1.56. The van der Waals surface area contributed by atoms with E-state index in [9.17, 15) is 14.4 Å². The Hall–Kier alpha value is -2.86. The summed E-state index contributed by atoms with van der Waals surface area (Å²) >= 11 is 5.81. The summed E-state index contributed by atoms with van der Waals surface area (Å²) in [4.78, 5) is 35.8. The largest absolute Gasteiger partial charge is 0.354 e. The highest BCUT2D eigenvalue weighted by molar-refractivity contribution is 6.30. The molecule has 27 heavy (non-hydrogen) atoms. The van der Waals surface area contributed by atoms with Crippen LogP contribution in [0.1, 0.15) is 33.6 Å². The van der Waals surface area contributed by atoms with Gasteiger partial charge in [0, 0.05) is 40.8 Å². The van der Waals surface area contributed by atoms with E-state index in [1.165, 1.54) is 0 Å². The molecule has 3 amide bonds. The van der Waals surface area contributed by atoms with Crippen molar-refractivity contribution < 1.29 is 14.4 Å². The Morgan fingerprint density at radius 3 is 2.00 bits per heavy atom. The van der Waals surface area contributed by atoms with Gasteiger partial charge < -0.3 is 16.0 Å². The van der Waals surface area contributed by atoms with Crippen molar-refractivity contribution in [2.75, 3.05) is 18.4 Å². The molecule has 2 aromatic carbocycles. The molecule has 3 rings (SSSR count). The quantitative estimate of drug-likeness (QED) is 0.640. The molecule has 0 saturated heterocycles. The molecule has 0 atom stereocenters. The first-order valence-electron chi connectivity index (χ1n) is 8.76. The van der Waals surface area contributed by atoms with Crippen LogP contribution in [-0.2, 0) is 4.79 Å². The van der Waals surface area contributed by atoms with E-state index < -0.39 is 0 Å². The van der Waals surface area contributed by atoms with Crippen LogP contribution >= 0.6 is 11.6 Å². The predicted molar refractivity (Wildman–Crippen MR) is 104 cm³/mol. The third-order valence-electron chi connectivity index (χ3n) is 4.17. The van der Waals surface area contributed by atoms with Gasteiger partial charge in [0.2, 0.25) is 5.91 Å². The van der Waals surface area contributed by atoms with E-state index in [2.05, 4.69) is 16.0 Å². The molecule has 1 aliphatic rings. The maximum absolute atomic E-state index is 12.2. The maximum Gasteiger partial charge on any atom is 0.255 e. The monoisotopic (exact) mass is 385 g/mol. The molecule has 140 valence electrons. The molecule has 1 fully saturated rings. The molecular formula is C20H20ClN3O3. The van der Waals surface area contributed by atoms with Crippen LogP contribution in [0.4, 0.5) is 5.69 Å². The zero-order valence-corrected chi connectivity index (χ0v) is 15.4. The fourth-order valence-electron chi connectivity index (χ4n) is 2.46. The van der Waals surface area contributed by atoms with Gasteiger partial charge in [-0.2, -0.15) is 0 Å². The number of nitrogens with one attached hydrogen (secondary N) is 3. The number of hydrogen-bond acceptors (Lipinski definition) is 3. The van der Waals surface area contributed by atoms with Crippen molar-refractivity contribution in [1.29, 1.82) is 0 Å². The highest BCUT2D eigenvalue weighted by Gasteiger charge is 2.28. The molecule has 6 nitrogen and oxygen atoms in total. The number of anilines is 1. The van der Waals surface area contributed by atoms with E-state index in [0.29, 0.717) is 34.9 Å². The van der Waals surface area contributed by atoms with Gasteiger partial charge >= 0.3 is 0 Å². The zero-order valence-electron chi connectivity index (χ0n) is 14.6. The van der Waals surface area contributed by atoms with Crippen LogP contribution in [0.25, 0.3) is 0 Å². The highest BCUT2D eigenvalue weighted by atomic mass is 35.5. The number of benzene rings is 2. The van der Waals surface area contributed by atoms with Crippen LogP contribution < -0.4 is 16.0 Å². The van der Waals surface area contributed by atoms with Crippen molar-refractivity contribution in [3.63, 3.8) is 0 Å². The highest BCUT2D eigenvalue weighted by Crippen LogP contribution is 2.28. The van der Waals surface area contributed by atoms with Crippen LogP contribution in [-0.4, -0.2) is 30.8 Å². The minimum atomic E-state index is -0.254. The van der Waals surface area contributed by atoms with Gasteiger partial charge in [-0.05, 0) is 61.4 Å². The second kappa shape index (κ2) is 8.68. The molecular weight excluding hydrogens is 366 g/mol. The average molecular weight is 386 g/mol. The smallest absolute Gasteiger partial charge is 0.255 e. The second-order valence-electron chi connectivity index (χ2n) is 6.36. The van der Waals surface area contributed by atoms with Crippen molar-refractivity contribution in [2.24, 2.45) is 5.92 Å². The number of hydrogen-bond donors (Lipinski definition) is 3. The number of halogens is 1. The lowest BCUT2D eigenvalue weighted by molar-refractivity contribution is -0.122. The fourth-order valence-corrected chi connectivity index (χ4v) is 2.59. The maximum atomic E-state index is 12.2. The van der Waals surface area contributed by atoms with Gasteiger partial charge in [0.15, 0.2) is 0 Å². The Morgan fingerprint density at radius 2 is 1.37 bits per heavy atom. The van der Waals surface area contributed by atoms with Crippen LogP contribution in [0.2, 0.25) is 5.02 Å². The van der Waals surface area contributed by atoms with Crippen LogP contribution in [0.3, 0.4) is 0 Å². The first kappa shape index (κ1) is 18.9. The van der Waals surface area contributed by atoms with Gasteiger partial charge in [0.05, 0.1) is 0 Å². The Morgan fingerprint density at radius 1 is 0.815 bits per heavy atom. The zero-order chi connectivity index (χ0) is 19.2. The molecule has 2 aromatic rings. The normalized spacial score (nSPS) is 12.9. The van der Waals surface area contributed by atoms with E-state index in [1.807, 2.05) is 0 Å². The fraction of sp³-hybridized carbons (Fsp3) is 0.250. The van der Waals surface area contributed by atoms with Gasteiger partial charge in [0.1, 0.15) is 0 Å². The lowest BCUT2D eigenvalue weighted by Gasteiger charge is -2.08. The average Bonchev–Trinajstić information content (AvgIpc) is 3.51. The summed E-state index contributed by atoms with van der Waals surface area (Å²) in [6.07, 6.45) is 1.91. The first-order chi connectivity index (χ1) is 13.0. The number of carbonyl (C=O) groups is 3. The van der Waals surface area contributed by atoms with E-state index in [0.717, 1.165) is 12.8 Å². The molecule has 0 heterocycles. The van der Waals surface area contributed by atoms with Crippen molar-refractivity contribution in [3.8, 4) is 0 Å². The van der Waals surface area contributed by atoms with Crippen molar-refractivity contribution in [3.05, 3.63) is 64.7 Å². The first-order valence-corrected chi connectivity index (χ1v) is 9.13. The summed E-state index contributed by atoms with van der Waals surface area (Å²) < 4.78 is 0. The Bertz CT molecular complexity index is 831. The molecule has 0 bridgehead atoms. The number of rotatable bonds is 7. The van der Waals surface area contributed by atoms with Crippen molar-refractivity contribution in [2.45, 2.75) is 12.8 Å². The lowest BCUT2D eigenvalue weighted by Crippen LogP contribution is -2.35. The van der Waals surface area contributed by atoms with Gasteiger partial charge in [-0.1, -0.05) is 11.6 Å². The Kier molecular flexibility index (Phi) is 6.08. The predicted octanol–water partition coefficient (Wildman–Crippen LogP) is 2.85. The third-order valence-corrected chi connectivity index (χ3v) is 4.42. The molecule has 3 N–H and O–H groups in total. The minimum absolute atomic E-state index is 0.0602.